The molecule has 0 aliphatic carbocycles. The molecule has 0 saturated carbocycles. The molecule has 3 rings (SSSR count). The van der Waals surface area contributed by atoms with Crippen molar-refractivity contribution in [3.8, 4) is 11.1 Å². The van der Waals surface area contributed by atoms with Crippen LogP contribution < -0.4 is 5.32 Å². The number of hydrogen-bond donors (Lipinski definition) is 2. The summed E-state index contributed by atoms with van der Waals surface area (Å²) in [7, 11) is 0. The largest absolute Gasteiger partial charge is 0.477 e. The topological polar surface area (TPSA) is 88.0 Å². The molecular formula is C20H15F5N4O2. The maximum absolute atomic E-state index is 13.3. The zero-order valence-corrected chi connectivity index (χ0v) is 15.9. The van der Waals surface area contributed by atoms with Gasteiger partial charge in [-0.3, -0.25) is 4.98 Å². The number of anilines is 2. The van der Waals surface area contributed by atoms with E-state index in [0.29, 0.717) is 16.8 Å². The molecular weight excluding hydrogens is 423 g/mol. The molecule has 11 heteroatoms. The first-order valence-corrected chi connectivity index (χ1v) is 8.79. The number of nitrogens with zero attached hydrogens (tertiary/aromatic N) is 3. The number of benzene rings is 1. The van der Waals surface area contributed by atoms with Crippen LogP contribution in [-0.4, -0.2) is 32.0 Å². The molecule has 31 heavy (non-hydrogen) atoms. The quantitative estimate of drug-likeness (QED) is 0.534. The van der Waals surface area contributed by atoms with Gasteiger partial charge in [-0.15, -0.1) is 0 Å². The third-order valence-electron chi connectivity index (χ3n) is 4.15. The first-order chi connectivity index (χ1) is 14.4. The molecule has 0 spiro atoms. The second-order valence-corrected chi connectivity index (χ2v) is 6.70. The molecule has 0 fully saturated rings. The lowest BCUT2D eigenvalue weighted by Crippen LogP contribution is -2.31. The summed E-state index contributed by atoms with van der Waals surface area (Å²) in [5.74, 6) is -6.40. The smallest absolute Gasteiger partial charge is 0.433 e. The minimum Gasteiger partial charge on any atom is -0.477 e. The van der Waals surface area contributed by atoms with E-state index in [1.807, 2.05) is 0 Å². The van der Waals surface area contributed by atoms with Crippen molar-refractivity contribution in [3.63, 3.8) is 0 Å². The van der Waals surface area contributed by atoms with Gasteiger partial charge in [0.05, 0.1) is 6.42 Å². The summed E-state index contributed by atoms with van der Waals surface area (Å²) in [5, 5.41) is 11.2. The summed E-state index contributed by atoms with van der Waals surface area (Å²) >= 11 is 0. The number of alkyl halides is 5. The molecule has 1 aromatic carbocycles. The fourth-order valence-electron chi connectivity index (χ4n) is 2.73. The molecule has 0 aliphatic rings. The molecule has 0 amide bonds. The first kappa shape index (κ1) is 22.1. The highest BCUT2D eigenvalue weighted by Crippen LogP contribution is 2.29. The minimum atomic E-state index is -4.61. The number of carboxylic acids is 1. The molecule has 6 nitrogen and oxygen atoms in total. The van der Waals surface area contributed by atoms with E-state index < -0.39 is 30.2 Å². The van der Waals surface area contributed by atoms with Crippen LogP contribution in [-0.2, 0) is 17.4 Å². The van der Waals surface area contributed by atoms with Crippen LogP contribution in [0.4, 0.5) is 33.6 Å². The summed E-state index contributed by atoms with van der Waals surface area (Å²) in [5.41, 5.74) is 1.14. The molecule has 0 atom stereocenters. The van der Waals surface area contributed by atoms with Gasteiger partial charge >= 0.3 is 18.1 Å². The van der Waals surface area contributed by atoms with Gasteiger partial charge in [-0.2, -0.15) is 22.0 Å². The van der Waals surface area contributed by atoms with Crippen molar-refractivity contribution < 1.29 is 31.9 Å². The normalized spacial score (nSPS) is 11.9. The van der Waals surface area contributed by atoms with Gasteiger partial charge in [-0.05, 0) is 42.3 Å². The maximum atomic E-state index is 13.3. The fraction of sp³-hybridized carbons (Fsp3) is 0.200. The van der Waals surface area contributed by atoms with Crippen molar-refractivity contribution in [1.82, 2.24) is 15.0 Å². The van der Waals surface area contributed by atoms with Gasteiger partial charge < -0.3 is 10.4 Å². The Morgan fingerprint density at radius 3 is 2.39 bits per heavy atom. The molecule has 2 aromatic heterocycles. The lowest BCUT2D eigenvalue weighted by atomic mass is 10.0. The Hall–Kier alpha value is -3.63. The Morgan fingerprint density at radius 2 is 1.77 bits per heavy atom. The third kappa shape index (κ3) is 5.50. The lowest BCUT2D eigenvalue weighted by molar-refractivity contribution is -0.164. The lowest BCUT2D eigenvalue weighted by Gasteiger charge is -2.12. The number of aromatic nitrogens is 3. The van der Waals surface area contributed by atoms with E-state index in [9.17, 15) is 26.7 Å². The second-order valence-electron chi connectivity index (χ2n) is 6.70. The summed E-state index contributed by atoms with van der Waals surface area (Å²) < 4.78 is 65.2. The SMILES string of the molecule is Cc1cc(Nc2nccc(C(F)(F)F)n2)cc(-c2ccc(CC(F)(F)C(=O)O)nc2)c1. The average Bonchev–Trinajstić information content (AvgIpc) is 2.67. The van der Waals surface area contributed by atoms with Gasteiger partial charge in [-0.25, -0.2) is 14.8 Å². The zero-order chi connectivity index (χ0) is 22.8. The molecule has 0 aliphatic heterocycles. The molecule has 2 heterocycles. The molecule has 3 aromatic rings. The van der Waals surface area contributed by atoms with Crippen molar-refractivity contribution in [1.29, 1.82) is 0 Å². The number of pyridine rings is 1. The molecule has 2 N–H and O–H groups in total. The number of hydrogen-bond acceptors (Lipinski definition) is 5. The van der Waals surface area contributed by atoms with E-state index in [1.165, 1.54) is 18.3 Å². The third-order valence-corrected chi connectivity index (χ3v) is 4.15. The summed E-state index contributed by atoms with van der Waals surface area (Å²) in [6.07, 6.45) is -3.35. The Morgan fingerprint density at radius 1 is 1.03 bits per heavy atom. The highest BCUT2D eigenvalue weighted by Gasteiger charge is 2.39. The van der Waals surface area contributed by atoms with Crippen LogP contribution in [0, 0.1) is 6.92 Å². The zero-order valence-electron chi connectivity index (χ0n) is 15.9. The van der Waals surface area contributed by atoms with Crippen LogP contribution in [0.2, 0.25) is 0 Å². The van der Waals surface area contributed by atoms with Crippen molar-refractivity contribution in [3.05, 3.63) is 65.7 Å². The number of halogens is 5. The van der Waals surface area contributed by atoms with Crippen LogP contribution in [0.15, 0.2) is 48.8 Å². The van der Waals surface area contributed by atoms with Crippen LogP contribution >= 0.6 is 0 Å². The Labute approximate surface area is 172 Å². The number of rotatable bonds is 6. The maximum Gasteiger partial charge on any atom is 0.433 e. The average molecular weight is 438 g/mol. The van der Waals surface area contributed by atoms with Gasteiger partial charge in [0, 0.05) is 29.3 Å². The van der Waals surface area contributed by atoms with E-state index in [1.54, 1.807) is 25.1 Å². The van der Waals surface area contributed by atoms with Gasteiger partial charge in [0.2, 0.25) is 5.95 Å². The van der Waals surface area contributed by atoms with Crippen LogP contribution in [0.1, 0.15) is 17.0 Å². The highest BCUT2D eigenvalue weighted by atomic mass is 19.4. The molecule has 0 unspecified atom stereocenters. The van der Waals surface area contributed by atoms with Crippen molar-refractivity contribution in [2.75, 3.05) is 5.32 Å². The first-order valence-electron chi connectivity index (χ1n) is 8.79. The summed E-state index contributed by atoms with van der Waals surface area (Å²) in [4.78, 5) is 21.7. The van der Waals surface area contributed by atoms with E-state index >= 15 is 0 Å². The highest BCUT2D eigenvalue weighted by molar-refractivity contribution is 5.75. The van der Waals surface area contributed by atoms with E-state index in [-0.39, 0.29) is 11.6 Å². The Balaban J connectivity index is 1.84. The molecule has 0 saturated heterocycles. The van der Waals surface area contributed by atoms with Crippen molar-refractivity contribution in [2.24, 2.45) is 0 Å². The fourth-order valence-corrected chi connectivity index (χ4v) is 2.73. The van der Waals surface area contributed by atoms with E-state index in [2.05, 4.69) is 20.3 Å². The number of aliphatic carboxylic acids is 1. The minimum absolute atomic E-state index is 0.0977. The Bertz CT molecular complexity index is 1100. The summed E-state index contributed by atoms with van der Waals surface area (Å²) in [6.45, 7) is 1.76. The van der Waals surface area contributed by atoms with Gasteiger partial charge in [-0.1, -0.05) is 12.1 Å². The summed E-state index contributed by atoms with van der Waals surface area (Å²) in [6, 6.07) is 8.59. The van der Waals surface area contributed by atoms with Gasteiger partial charge in [0.15, 0.2) is 0 Å². The molecule has 162 valence electrons. The number of carbonyl (C=O) groups is 1. The molecule has 0 radical (unpaired) electrons. The van der Waals surface area contributed by atoms with Crippen molar-refractivity contribution >= 4 is 17.6 Å². The van der Waals surface area contributed by atoms with Gasteiger partial charge in [0.25, 0.3) is 0 Å². The molecule has 0 bridgehead atoms. The predicted molar refractivity (Wildman–Crippen MR) is 101 cm³/mol. The van der Waals surface area contributed by atoms with E-state index in [0.717, 1.165) is 17.8 Å². The number of nitrogens with one attached hydrogen (secondary N) is 1. The number of aryl methyl sites for hydroxylation is 1. The van der Waals surface area contributed by atoms with Crippen LogP contribution in [0.25, 0.3) is 11.1 Å². The van der Waals surface area contributed by atoms with Gasteiger partial charge in [0.1, 0.15) is 5.69 Å². The van der Waals surface area contributed by atoms with E-state index in [4.69, 9.17) is 5.11 Å². The van der Waals surface area contributed by atoms with Crippen molar-refractivity contribution in [2.45, 2.75) is 25.4 Å². The monoisotopic (exact) mass is 438 g/mol. The van der Waals surface area contributed by atoms with Crippen LogP contribution in [0.3, 0.4) is 0 Å². The predicted octanol–water partition coefficient (Wildman–Crippen LogP) is 4.87. The standard InChI is InChI=1S/C20H15F5N4O2/c1-11-6-13(12-2-3-14(27-10-12)9-19(21,22)17(30)31)8-15(7-11)28-18-26-5-4-16(29-18)20(23,24)25/h2-8,10H,9H2,1H3,(H,30,31)(H,26,28,29). The number of carboxylic acid groups (broad SMARTS) is 1. The second kappa shape index (κ2) is 8.25. The Kier molecular flexibility index (Phi) is 5.87. The van der Waals surface area contributed by atoms with Crippen LogP contribution in [0.5, 0.6) is 0 Å².